The van der Waals surface area contributed by atoms with Crippen LogP contribution in [0.25, 0.3) is 4.85 Å². The number of nitrogens with zero attached hydrogens (tertiary/aromatic N) is 1. The molecule has 4 heteroatoms. The van der Waals surface area contributed by atoms with Crippen molar-refractivity contribution in [1.29, 1.82) is 0 Å². The number of hydrogen-bond donors (Lipinski definition) is 0. The molecule has 0 bridgehead atoms. The summed E-state index contributed by atoms with van der Waals surface area (Å²) in [7, 11) is 0. The van der Waals surface area contributed by atoms with Gasteiger partial charge >= 0.3 is 0 Å². The van der Waals surface area contributed by atoms with E-state index in [0.717, 1.165) is 10.0 Å². The average molecular weight is 309 g/mol. The second-order valence-electron chi connectivity index (χ2n) is 2.11. The lowest BCUT2D eigenvalue weighted by Gasteiger charge is -2.03. The molecule has 1 aromatic carbocycles. The molecule has 0 saturated carbocycles. The van der Waals surface area contributed by atoms with Crippen LogP contribution in [0.2, 0.25) is 5.02 Å². The lowest BCUT2D eigenvalue weighted by Crippen LogP contribution is -1.79. The van der Waals surface area contributed by atoms with Crippen LogP contribution in [0.15, 0.2) is 16.6 Å². The third-order valence-corrected chi connectivity index (χ3v) is 3.07. The fourth-order valence-electron chi connectivity index (χ4n) is 0.788. The molecule has 0 unspecified atom stereocenters. The van der Waals surface area contributed by atoms with Crippen LogP contribution in [0.5, 0.6) is 0 Å². The highest BCUT2D eigenvalue weighted by molar-refractivity contribution is 9.10. The van der Waals surface area contributed by atoms with Crippen LogP contribution >= 0.6 is 43.5 Å². The predicted octanol–water partition coefficient (Wildman–Crippen LogP) is 4.55. The number of rotatable bonds is 1. The van der Waals surface area contributed by atoms with Crippen molar-refractivity contribution in [3.63, 3.8) is 0 Å². The first-order valence-electron chi connectivity index (χ1n) is 3.11. The van der Waals surface area contributed by atoms with Gasteiger partial charge < -0.3 is 0 Å². The molecule has 0 heterocycles. The van der Waals surface area contributed by atoms with Crippen LogP contribution in [0.1, 0.15) is 5.56 Å². The van der Waals surface area contributed by atoms with Crippen LogP contribution in [0, 0.1) is 6.57 Å². The van der Waals surface area contributed by atoms with Crippen molar-refractivity contribution < 1.29 is 0 Å². The minimum Gasteiger partial charge on any atom is -0.235 e. The maximum Gasteiger partial charge on any atom is 0.219 e. The molecule has 0 saturated heterocycles. The van der Waals surface area contributed by atoms with Crippen LogP contribution < -0.4 is 0 Å². The minimum atomic E-state index is 0.480. The number of halogens is 3. The van der Waals surface area contributed by atoms with Gasteiger partial charge in [-0.2, -0.15) is 0 Å². The van der Waals surface area contributed by atoms with E-state index >= 15 is 0 Å². The van der Waals surface area contributed by atoms with Crippen LogP contribution in [0.4, 0.5) is 5.69 Å². The van der Waals surface area contributed by atoms with E-state index in [2.05, 4.69) is 36.7 Å². The van der Waals surface area contributed by atoms with Crippen molar-refractivity contribution in [1.82, 2.24) is 0 Å². The van der Waals surface area contributed by atoms with E-state index in [0.29, 0.717) is 16.0 Å². The molecule has 0 aliphatic heterocycles. The van der Waals surface area contributed by atoms with Crippen molar-refractivity contribution in [2.24, 2.45) is 0 Å². The third-order valence-electron chi connectivity index (χ3n) is 1.40. The molecular formula is C8H4Br2ClN. The molecule has 0 amide bonds. The molecule has 1 aromatic rings. The first-order valence-corrected chi connectivity index (χ1v) is 5.40. The number of hydrogen-bond acceptors (Lipinski definition) is 0. The van der Waals surface area contributed by atoms with E-state index in [1.54, 1.807) is 0 Å². The summed E-state index contributed by atoms with van der Waals surface area (Å²) in [5.74, 6) is 0. The molecule has 0 aliphatic rings. The van der Waals surface area contributed by atoms with Gasteiger partial charge in [-0.25, -0.2) is 4.85 Å². The Hall–Kier alpha value is -0.0400. The van der Waals surface area contributed by atoms with Gasteiger partial charge in [0.05, 0.1) is 11.6 Å². The van der Waals surface area contributed by atoms with E-state index < -0.39 is 0 Å². The van der Waals surface area contributed by atoms with Crippen molar-refractivity contribution in [2.75, 3.05) is 0 Å². The first kappa shape index (κ1) is 10.0. The topological polar surface area (TPSA) is 4.36 Å². The quantitative estimate of drug-likeness (QED) is 0.529. The summed E-state index contributed by atoms with van der Waals surface area (Å²) in [6.07, 6.45) is 0. The van der Waals surface area contributed by atoms with Gasteiger partial charge in [0.25, 0.3) is 0 Å². The van der Waals surface area contributed by atoms with Gasteiger partial charge in [-0.15, -0.1) is 0 Å². The highest BCUT2D eigenvalue weighted by Gasteiger charge is 2.08. The van der Waals surface area contributed by atoms with Crippen molar-refractivity contribution in [2.45, 2.75) is 5.33 Å². The second-order valence-corrected chi connectivity index (χ2v) is 3.91. The van der Waals surface area contributed by atoms with Crippen LogP contribution in [-0.4, -0.2) is 0 Å². The molecule has 0 N–H and O–H groups in total. The highest BCUT2D eigenvalue weighted by atomic mass is 79.9. The molecule has 0 aliphatic carbocycles. The molecular weight excluding hydrogens is 305 g/mol. The molecule has 12 heavy (non-hydrogen) atoms. The second kappa shape index (κ2) is 4.27. The molecule has 0 fully saturated rings. The Morgan fingerprint density at radius 2 is 2.17 bits per heavy atom. The van der Waals surface area contributed by atoms with Crippen molar-refractivity contribution in [3.8, 4) is 0 Å². The van der Waals surface area contributed by atoms with E-state index in [4.69, 9.17) is 18.2 Å². The Balaban J connectivity index is 3.36. The molecule has 1 nitrogen and oxygen atoms in total. The smallest absolute Gasteiger partial charge is 0.219 e. The maximum atomic E-state index is 6.89. The summed E-state index contributed by atoms with van der Waals surface area (Å²) in [6.45, 7) is 6.89. The summed E-state index contributed by atoms with van der Waals surface area (Å²) in [4.78, 5) is 3.33. The lowest BCUT2D eigenvalue weighted by molar-refractivity contribution is 1.43. The number of alkyl halides is 1. The first-order chi connectivity index (χ1) is 5.70. The van der Waals surface area contributed by atoms with E-state index in [-0.39, 0.29) is 0 Å². The van der Waals surface area contributed by atoms with Gasteiger partial charge in [-0.3, -0.25) is 0 Å². The fourth-order valence-corrected chi connectivity index (χ4v) is 2.22. The standard InChI is InChI=1S/C8H4Br2ClN/c1-12-8-6(10)3-2-5(4-9)7(8)11/h2-3H,4H2. The SMILES string of the molecule is [C-]#[N+]c1c(Br)ccc(CBr)c1Cl. The van der Waals surface area contributed by atoms with E-state index in [9.17, 15) is 0 Å². The lowest BCUT2D eigenvalue weighted by atomic mass is 10.2. The minimum absolute atomic E-state index is 0.480. The van der Waals surface area contributed by atoms with Gasteiger partial charge in [0, 0.05) is 9.80 Å². The summed E-state index contributed by atoms with van der Waals surface area (Å²) in [5.41, 5.74) is 1.42. The molecule has 1 rings (SSSR count). The Morgan fingerprint density at radius 1 is 1.50 bits per heavy atom. The fraction of sp³-hybridized carbons (Fsp3) is 0.125. The summed E-state index contributed by atoms with van der Waals surface area (Å²) in [6, 6.07) is 3.71. The Kier molecular flexibility index (Phi) is 3.57. The van der Waals surface area contributed by atoms with Gasteiger partial charge in [-0.05, 0) is 5.56 Å². The molecule has 0 aromatic heterocycles. The maximum absolute atomic E-state index is 6.89. The molecule has 0 spiro atoms. The largest absolute Gasteiger partial charge is 0.235 e. The zero-order chi connectivity index (χ0) is 9.14. The van der Waals surface area contributed by atoms with Gasteiger partial charge in [0.1, 0.15) is 0 Å². The van der Waals surface area contributed by atoms with E-state index in [1.807, 2.05) is 12.1 Å². The van der Waals surface area contributed by atoms with Gasteiger partial charge in [0.15, 0.2) is 0 Å². The predicted molar refractivity (Wildman–Crippen MR) is 58.0 cm³/mol. The highest BCUT2D eigenvalue weighted by Crippen LogP contribution is 2.36. The monoisotopic (exact) mass is 307 g/mol. The summed E-state index contributed by atoms with van der Waals surface area (Å²) >= 11 is 12.5. The number of benzene rings is 1. The summed E-state index contributed by atoms with van der Waals surface area (Å²) in [5, 5.41) is 1.19. The summed E-state index contributed by atoms with van der Waals surface area (Å²) < 4.78 is 0.743. The normalized spacial score (nSPS) is 9.50. The van der Waals surface area contributed by atoms with Crippen molar-refractivity contribution >= 4 is 49.1 Å². The van der Waals surface area contributed by atoms with Crippen LogP contribution in [0.3, 0.4) is 0 Å². The zero-order valence-corrected chi connectivity index (χ0v) is 9.87. The van der Waals surface area contributed by atoms with E-state index in [1.165, 1.54) is 0 Å². The van der Waals surface area contributed by atoms with Gasteiger partial charge in [-0.1, -0.05) is 55.6 Å². The zero-order valence-electron chi connectivity index (χ0n) is 5.94. The Bertz CT molecular complexity index is 344. The Morgan fingerprint density at radius 3 is 2.67 bits per heavy atom. The molecule has 0 atom stereocenters. The average Bonchev–Trinajstić information content (AvgIpc) is 2.06. The molecule has 62 valence electrons. The van der Waals surface area contributed by atoms with Gasteiger partial charge in [0.2, 0.25) is 5.69 Å². The van der Waals surface area contributed by atoms with Crippen molar-refractivity contribution in [3.05, 3.63) is 38.6 Å². The van der Waals surface area contributed by atoms with Crippen LogP contribution in [-0.2, 0) is 5.33 Å². The Labute approximate surface area is 92.8 Å². The third kappa shape index (κ3) is 1.82. The molecule has 0 radical (unpaired) electrons.